The molecule has 1 fully saturated rings. The number of nitrogens with zero attached hydrogens (tertiary/aromatic N) is 5. The second-order valence-electron chi connectivity index (χ2n) is 10.1. The fourth-order valence-corrected chi connectivity index (χ4v) is 5.50. The van der Waals surface area contributed by atoms with Crippen LogP contribution in [0.2, 0.25) is 5.02 Å². The van der Waals surface area contributed by atoms with Crippen molar-refractivity contribution in [2.75, 3.05) is 23.0 Å². The second kappa shape index (κ2) is 11.3. The molecule has 0 bridgehead atoms. The smallest absolute Gasteiger partial charge is 0.264 e. The van der Waals surface area contributed by atoms with Crippen molar-refractivity contribution in [3.05, 3.63) is 82.7 Å². The summed E-state index contributed by atoms with van der Waals surface area (Å²) in [5.74, 6) is -0.834. The zero-order valence-corrected chi connectivity index (χ0v) is 22.6. The molecule has 2 amide bonds. The molecule has 2 aromatic carbocycles. The number of aryl methyl sites for hydroxylation is 1. The highest BCUT2D eigenvalue weighted by molar-refractivity contribution is 6.31. The van der Waals surface area contributed by atoms with Gasteiger partial charge >= 0.3 is 0 Å². The van der Waals surface area contributed by atoms with Gasteiger partial charge < -0.3 is 20.0 Å². The number of benzene rings is 2. The molecule has 0 unspecified atom stereocenters. The van der Waals surface area contributed by atoms with E-state index in [1.807, 2.05) is 43.3 Å². The van der Waals surface area contributed by atoms with Crippen LogP contribution in [0, 0.1) is 5.92 Å². The SMILES string of the molecule is C[C@@H](/C=C/CCn1cc(CCO)nn1)[C@]1(O)C(=O)N(Cc2cccc(N3CCCC3=O)c2)c2ccc(Cl)cc21. The van der Waals surface area contributed by atoms with Crippen LogP contribution in [0.5, 0.6) is 0 Å². The molecule has 204 valence electrons. The molecule has 10 heteroatoms. The largest absolute Gasteiger partial charge is 0.396 e. The molecule has 2 aliphatic heterocycles. The third-order valence-corrected chi connectivity index (χ3v) is 7.67. The van der Waals surface area contributed by atoms with E-state index in [-0.39, 0.29) is 19.1 Å². The first kappa shape index (κ1) is 27.1. The van der Waals surface area contributed by atoms with Crippen molar-refractivity contribution in [1.29, 1.82) is 0 Å². The van der Waals surface area contributed by atoms with Gasteiger partial charge in [0, 0.05) is 60.9 Å². The summed E-state index contributed by atoms with van der Waals surface area (Å²) in [5.41, 5.74) is 1.73. The summed E-state index contributed by atoms with van der Waals surface area (Å²) in [7, 11) is 0. The van der Waals surface area contributed by atoms with Crippen molar-refractivity contribution in [1.82, 2.24) is 15.0 Å². The number of hydrogen-bond acceptors (Lipinski definition) is 6. The van der Waals surface area contributed by atoms with Gasteiger partial charge in [0.05, 0.1) is 17.9 Å². The summed E-state index contributed by atoms with van der Waals surface area (Å²) in [5, 5.41) is 29.4. The molecule has 2 atom stereocenters. The van der Waals surface area contributed by atoms with E-state index in [1.54, 1.807) is 38.9 Å². The average molecular weight is 550 g/mol. The number of hydrogen-bond donors (Lipinski definition) is 2. The summed E-state index contributed by atoms with van der Waals surface area (Å²) in [6, 6.07) is 12.8. The predicted octanol–water partition coefficient (Wildman–Crippen LogP) is 3.61. The Hall–Kier alpha value is -3.53. The zero-order chi connectivity index (χ0) is 27.6. The number of amides is 2. The highest BCUT2D eigenvalue weighted by Crippen LogP contribution is 2.46. The quantitative estimate of drug-likeness (QED) is 0.374. The van der Waals surface area contributed by atoms with Crippen molar-refractivity contribution in [2.24, 2.45) is 5.92 Å². The molecule has 2 N–H and O–H groups in total. The Morgan fingerprint density at radius 2 is 2.05 bits per heavy atom. The first-order chi connectivity index (χ1) is 18.8. The van der Waals surface area contributed by atoms with Gasteiger partial charge in [0.15, 0.2) is 5.60 Å². The molecule has 2 aliphatic rings. The molecule has 3 aromatic rings. The highest BCUT2D eigenvalue weighted by atomic mass is 35.5. The number of aliphatic hydroxyl groups excluding tert-OH is 1. The minimum Gasteiger partial charge on any atom is -0.396 e. The van der Waals surface area contributed by atoms with Crippen LogP contribution in [0.3, 0.4) is 0 Å². The molecular formula is C29H32ClN5O4. The van der Waals surface area contributed by atoms with E-state index in [0.29, 0.717) is 48.6 Å². The van der Waals surface area contributed by atoms with Gasteiger partial charge in [0.1, 0.15) is 0 Å². The lowest BCUT2D eigenvalue weighted by atomic mass is 9.83. The molecule has 1 aromatic heterocycles. The van der Waals surface area contributed by atoms with E-state index in [2.05, 4.69) is 10.3 Å². The van der Waals surface area contributed by atoms with Crippen molar-refractivity contribution < 1.29 is 19.8 Å². The van der Waals surface area contributed by atoms with Gasteiger partial charge in [0.2, 0.25) is 5.91 Å². The third kappa shape index (κ3) is 5.34. The Morgan fingerprint density at radius 3 is 2.82 bits per heavy atom. The Bertz CT molecular complexity index is 1410. The van der Waals surface area contributed by atoms with Crippen LogP contribution in [0.4, 0.5) is 11.4 Å². The first-order valence-electron chi connectivity index (χ1n) is 13.2. The maximum Gasteiger partial charge on any atom is 0.264 e. The minimum atomic E-state index is -1.78. The average Bonchev–Trinajstić information content (AvgIpc) is 3.62. The number of halogens is 1. The Balaban J connectivity index is 1.34. The van der Waals surface area contributed by atoms with Gasteiger partial charge in [-0.15, -0.1) is 5.10 Å². The lowest BCUT2D eigenvalue weighted by Crippen LogP contribution is -2.44. The lowest BCUT2D eigenvalue weighted by molar-refractivity contribution is -0.139. The van der Waals surface area contributed by atoms with Crippen molar-refractivity contribution in [3.63, 3.8) is 0 Å². The topological polar surface area (TPSA) is 112 Å². The molecular weight excluding hydrogens is 518 g/mol. The van der Waals surface area contributed by atoms with E-state index in [1.165, 1.54) is 0 Å². The maximum atomic E-state index is 13.8. The van der Waals surface area contributed by atoms with Gasteiger partial charge in [-0.25, -0.2) is 0 Å². The highest BCUT2D eigenvalue weighted by Gasteiger charge is 2.52. The fourth-order valence-electron chi connectivity index (χ4n) is 5.33. The van der Waals surface area contributed by atoms with Crippen molar-refractivity contribution >= 4 is 34.8 Å². The summed E-state index contributed by atoms with van der Waals surface area (Å²) in [4.78, 5) is 29.5. The van der Waals surface area contributed by atoms with E-state index < -0.39 is 17.4 Å². The molecule has 1 saturated heterocycles. The molecule has 39 heavy (non-hydrogen) atoms. The standard InChI is InChI=1S/C29H32ClN5O4/c1-20(6-2-3-13-33-19-23(12-15-36)31-32-33)29(39)25-17-22(30)10-11-26(25)35(28(29)38)18-21-7-4-8-24(16-21)34-14-5-9-27(34)37/h2,4,6-8,10-11,16-17,19-20,36,39H,3,5,9,12-15,18H2,1H3/b6-2+/t20-,29+/m0/s1. The van der Waals surface area contributed by atoms with Crippen LogP contribution < -0.4 is 9.80 Å². The molecule has 0 radical (unpaired) electrons. The second-order valence-corrected chi connectivity index (χ2v) is 10.5. The first-order valence-corrected chi connectivity index (χ1v) is 13.6. The minimum absolute atomic E-state index is 0.0226. The molecule has 0 spiro atoms. The number of carbonyl (C=O) groups excluding carboxylic acids is 2. The maximum absolute atomic E-state index is 13.8. The van der Waals surface area contributed by atoms with Gasteiger partial charge in [0.25, 0.3) is 5.91 Å². The molecule has 0 saturated carbocycles. The van der Waals surface area contributed by atoms with Crippen LogP contribution in [0.25, 0.3) is 0 Å². The Morgan fingerprint density at radius 1 is 1.21 bits per heavy atom. The monoisotopic (exact) mass is 549 g/mol. The van der Waals surface area contributed by atoms with E-state index >= 15 is 0 Å². The van der Waals surface area contributed by atoms with Crippen LogP contribution in [-0.2, 0) is 34.7 Å². The molecule has 5 rings (SSSR count). The summed E-state index contributed by atoms with van der Waals surface area (Å²) in [6.45, 7) is 3.37. The summed E-state index contributed by atoms with van der Waals surface area (Å²) >= 11 is 6.31. The molecule has 3 heterocycles. The Kier molecular flexibility index (Phi) is 7.83. The van der Waals surface area contributed by atoms with Crippen molar-refractivity contribution in [2.45, 2.75) is 51.3 Å². The van der Waals surface area contributed by atoms with Crippen molar-refractivity contribution in [3.8, 4) is 0 Å². The number of aromatic nitrogens is 3. The van der Waals surface area contributed by atoms with Crippen LogP contribution in [0.15, 0.2) is 60.8 Å². The number of carbonyl (C=O) groups is 2. The van der Waals surface area contributed by atoms with E-state index in [9.17, 15) is 14.7 Å². The van der Waals surface area contributed by atoms with E-state index in [4.69, 9.17) is 16.7 Å². The number of aliphatic hydroxyl groups is 2. The predicted molar refractivity (Wildman–Crippen MR) is 148 cm³/mol. The number of anilines is 2. The number of allylic oxidation sites excluding steroid dienone is 1. The van der Waals surface area contributed by atoms with Gasteiger partial charge in [-0.3, -0.25) is 14.3 Å². The fraction of sp³-hybridized carbons (Fsp3) is 0.379. The van der Waals surface area contributed by atoms with Gasteiger partial charge in [-0.1, -0.05) is 48.0 Å². The number of fused-ring (bicyclic) bond motifs is 1. The normalized spacial score (nSPS) is 19.9. The molecule has 0 aliphatic carbocycles. The lowest BCUT2D eigenvalue weighted by Gasteiger charge is -2.28. The van der Waals surface area contributed by atoms with Gasteiger partial charge in [-0.05, 0) is 48.7 Å². The van der Waals surface area contributed by atoms with Gasteiger partial charge in [-0.2, -0.15) is 0 Å². The van der Waals surface area contributed by atoms with E-state index in [0.717, 1.165) is 23.4 Å². The number of rotatable bonds is 10. The van der Waals surface area contributed by atoms with Crippen LogP contribution >= 0.6 is 11.6 Å². The summed E-state index contributed by atoms with van der Waals surface area (Å²) in [6.07, 6.45) is 8.04. The summed E-state index contributed by atoms with van der Waals surface area (Å²) < 4.78 is 1.70. The third-order valence-electron chi connectivity index (χ3n) is 7.43. The zero-order valence-electron chi connectivity index (χ0n) is 21.8. The molecule has 9 nitrogen and oxygen atoms in total. The Labute approximate surface area is 232 Å². The van der Waals surface area contributed by atoms with Crippen LogP contribution in [0.1, 0.15) is 43.0 Å². The van der Waals surface area contributed by atoms with Crippen LogP contribution in [-0.4, -0.2) is 50.2 Å².